The Hall–Kier alpha value is -1.29. The maximum atomic E-state index is 4.29. The van der Waals surface area contributed by atoms with Gasteiger partial charge in [-0.3, -0.25) is 9.89 Å². The van der Waals surface area contributed by atoms with E-state index in [0.717, 1.165) is 38.6 Å². The standard InChI is InChI=1S/C16H30N4/c1-5-6-7-10-18-16(17-4)19-15-8-11-20(12-9-15)13-14(2)3/h5-6,15H,2,7-13H2,1,3-4H3,(H2,17,18,19)/b6-5+. The van der Waals surface area contributed by atoms with Crippen LogP contribution < -0.4 is 10.6 Å². The molecule has 20 heavy (non-hydrogen) atoms. The quantitative estimate of drug-likeness (QED) is 0.338. The van der Waals surface area contributed by atoms with Gasteiger partial charge in [-0.1, -0.05) is 24.3 Å². The predicted molar refractivity (Wildman–Crippen MR) is 88.2 cm³/mol. The number of nitrogens with one attached hydrogen (secondary N) is 2. The third kappa shape index (κ3) is 6.75. The number of likely N-dealkylation sites (tertiary alicyclic amines) is 1. The molecular formula is C16H30N4. The zero-order chi connectivity index (χ0) is 14.8. The van der Waals surface area contributed by atoms with Crippen LogP contribution >= 0.6 is 0 Å². The summed E-state index contributed by atoms with van der Waals surface area (Å²) >= 11 is 0. The Labute approximate surface area is 124 Å². The molecule has 0 aliphatic carbocycles. The second-order valence-corrected chi connectivity index (χ2v) is 5.51. The molecule has 0 aromatic heterocycles. The molecule has 0 aromatic carbocycles. The third-order valence-electron chi connectivity index (χ3n) is 3.48. The van der Waals surface area contributed by atoms with Crippen molar-refractivity contribution in [3.63, 3.8) is 0 Å². The fourth-order valence-electron chi connectivity index (χ4n) is 2.45. The van der Waals surface area contributed by atoms with Gasteiger partial charge in [0.15, 0.2) is 5.96 Å². The molecule has 0 saturated carbocycles. The van der Waals surface area contributed by atoms with E-state index in [0.29, 0.717) is 6.04 Å². The highest BCUT2D eigenvalue weighted by Crippen LogP contribution is 2.11. The minimum Gasteiger partial charge on any atom is -0.356 e. The van der Waals surface area contributed by atoms with E-state index in [2.05, 4.69) is 46.2 Å². The van der Waals surface area contributed by atoms with Gasteiger partial charge in [0.25, 0.3) is 0 Å². The van der Waals surface area contributed by atoms with Gasteiger partial charge in [-0.25, -0.2) is 0 Å². The second-order valence-electron chi connectivity index (χ2n) is 5.51. The molecule has 1 heterocycles. The van der Waals surface area contributed by atoms with Crippen LogP contribution in [0.5, 0.6) is 0 Å². The number of nitrogens with zero attached hydrogens (tertiary/aromatic N) is 2. The van der Waals surface area contributed by atoms with Crippen molar-refractivity contribution >= 4 is 5.96 Å². The summed E-state index contributed by atoms with van der Waals surface area (Å²) in [5.74, 6) is 0.924. The summed E-state index contributed by atoms with van der Waals surface area (Å²) in [6, 6.07) is 0.532. The molecule has 0 aromatic rings. The van der Waals surface area contributed by atoms with E-state index in [9.17, 15) is 0 Å². The number of piperidine rings is 1. The van der Waals surface area contributed by atoms with Crippen molar-refractivity contribution in [3.05, 3.63) is 24.3 Å². The van der Waals surface area contributed by atoms with Crippen molar-refractivity contribution in [1.29, 1.82) is 0 Å². The number of guanidine groups is 1. The predicted octanol–water partition coefficient (Wildman–Crippen LogP) is 2.16. The molecule has 1 aliphatic rings. The fraction of sp³-hybridized carbons (Fsp3) is 0.688. The van der Waals surface area contributed by atoms with Crippen molar-refractivity contribution in [2.75, 3.05) is 33.2 Å². The summed E-state index contributed by atoms with van der Waals surface area (Å²) in [5.41, 5.74) is 1.25. The summed E-state index contributed by atoms with van der Waals surface area (Å²) in [5, 5.41) is 6.88. The van der Waals surface area contributed by atoms with Gasteiger partial charge in [-0.15, -0.1) is 0 Å². The number of allylic oxidation sites excluding steroid dienone is 1. The molecule has 0 spiro atoms. The minimum atomic E-state index is 0.532. The molecule has 0 bridgehead atoms. The Bertz CT molecular complexity index is 338. The topological polar surface area (TPSA) is 39.7 Å². The summed E-state index contributed by atoms with van der Waals surface area (Å²) < 4.78 is 0. The highest BCUT2D eigenvalue weighted by molar-refractivity contribution is 5.79. The Morgan fingerprint density at radius 1 is 1.40 bits per heavy atom. The van der Waals surface area contributed by atoms with Gasteiger partial charge in [0.1, 0.15) is 0 Å². The molecule has 0 amide bonds. The number of rotatable bonds is 6. The SMILES string of the molecule is C=C(C)CN1CCC(NC(=NC)NCC/C=C/C)CC1. The van der Waals surface area contributed by atoms with Gasteiger partial charge >= 0.3 is 0 Å². The maximum absolute atomic E-state index is 4.29. The van der Waals surface area contributed by atoms with Crippen molar-refractivity contribution < 1.29 is 0 Å². The Morgan fingerprint density at radius 3 is 2.65 bits per heavy atom. The van der Waals surface area contributed by atoms with Crippen LogP contribution in [-0.4, -0.2) is 50.1 Å². The van der Waals surface area contributed by atoms with Gasteiger partial charge in [0.2, 0.25) is 0 Å². The lowest BCUT2D eigenvalue weighted by atomic mass is 10.0. The second kappa shape index (κ2) is 9.59. The molecule has 1 aliphatic heterocycles. The largest absolute Gasteiger partial charge is 0.356 e. The number of aliphatic imine (C=N–C) groups is 1. The van der Waals surface area contributed by atoms with Crippen LogP contribution in [0, 0.1) is 0 Å². The van der Waals surface area contributed by atoms with E-state index in [1.807, 2.05) is 14.0 Å². The van der Waals surface area contributed by atoms with E-state index in [4.69, 9.17) is 0 Å². The number of hydrogen-bond donors (Lipinski definition) is 2. The number of hydrogen-bond acceptors (Lipinski definition) is 2. The van der Waals surface area contributed by atoms with E-state index in [-0.39, 0.29) is 0 Å². The Balaban J connectivity index is 2.25. The first-order valence-corrected chi connectivity index (χ1v) is 7.60. The summed E-state index contributed by atoms with van der Waals surface area (Å²) in [6.07, 6.45) is 7.62. The van der Waals surface area contributed by atoms with Crippen LogP contribution in [0.1, 0.15) is 33.1 Å². The van der Waals surface area contributed by atoms with E-state index >= 15 is 0 Å². The zero-order valence-corrected chi connectivity index (χ0v) is 13.3. The fourth-order valence-corrected chi connectivity index (χ4v) is 2.45. The minimum absolute atomic E-state index is 0.532. The average Bonchev–Trinajstić information content (AvgIpc) is 2.43. The molecule has 114 valence electrons. The summed E-state index contributed by atoms with van der Waals surface area (Å²) in [7, 11) is 1.83. The first-order chi connectivity index (χ1) is 9.65. The molecule has 2 N–H and O–H groups in total. The molecule has 0 radical (unpaired) electrons. The van der Waals surface area contributed by atoms with Gasteiger partial charge < -0.3 is 10.6 Å². The van der Waals surface area contributed by atoms with Crippen LogP contribution in [-0.2, 0) is 0 Å². The smallest absolute Gasteiger partial charge is 0.191 e. The molecule has 1 fully saturated rings. The molecule has 1 rings (SSSR count). The molecule has 1 saturated heterocycles. The Kier molecular flexibility index (Phi) is 8.04. The highest BCUT2D eigenvalue weighted by atomic mass is 15.2. The molecule has 4 nitrogen and oxygen atoms in total. The first kappa shape index (κ1) is 16.8. The van der Waals surface area contributed by atoms with Crippen molar-refractivity contribution in [2.24, 2.45) is 4.99 Å². The highest BCUT2D eigenvalue weighted by Gasteiger charge is 2.19. The maximum Gasteiger partial charge on any atom is 0.191 e. The van der Waals surface area contributed by atoms with Gasteiger partial charge in [-0.05, 0) is 33.1 Å². The third-order valence-corrected chi connectivity index (χ3v) is 3.48. The van der Waals surface area contributed by atoms with Crippen molar-refractivity contribution in [1.82, 2.24) is 15.5 Å². The van der Waals surface area contributed by atoms with Crippen molar-refractivity contribution in [3.8, 4) is 0 Å². The van der Waals surface area contributed by atoms with Crippen LogP contribution in [0.3, 0.4) is 0 Å². The summed E-state index contributed by atoms with van der Waals surface area (Å²) in [6.45, 7) is 12.4. The zero-order valence-electron chi connectivity index (χ0n) is 13.3. The molecule has 0 atom stereocenters. The van der Waals surface area contributed by atoms with E-state index in [1.54, 1.807) is 0 Å². The van der Waals surface area contributed by atoms with Gasteiger partial charge in [-0.2, -0.15) is 0 Å². The lowest BCUT2D eigenvalue weighted by Crippen LogP contribution is -2.48. The normalized spacial score (nSPS) is 18.4. The van der Waals surface area contributed by atoms with Gasteiger partial charge in [0.05, 0.1) is 0 Å². The van der Waals surface area contributed by atoms with Crippen LogP contribution in [0.2, 0.25) is 0 Å². The summed E-state index contributed by atoms with van der Waals surface area (Å²) in [4.78, 5) is 6.76. The van der Waals surface area contributed by atoms with E-state index < -0.39 is 0 Å². The van der Waals surface area contributed by atoms with Crippen molar-refractivity contribution in [2.45, 2.75) is 39.2 Å². The Morgan fingerprint density at radius 2 is 2.10 bits per heavy atom. The molecule has 4 heteroatoms. The lowest BCUT2D eigenvalue weighted by Gasteiger charge is -2.33. The van der Waals surface area contributed by atoms with Crippen LogP contribution in [0.25, 0.3) is 0 Å². The van der Waals surface area contributed by atoms with Gasteiger partial charge in [0, 0.05) is 39.3 Å². The molecular weight excluding hydrogens is 248 g/mol. The monoisotopic (exact) mass is 278 g/mol. The first-order valence-electron chi connectivity index (χ1n) is 7.60. The van der Waals surface area contributed by atoms with Crippen LogP contribution in [0.15, 0.2) is 29.3 Å². The van der Waals surface area contributed by atoms with Crippen LogP contribution in [0.4, 0.5) is 0 Å². The average molecular weight is 278 g/mol. The molecule has 0 unspecified atom stereocenters. The van der Waals surface area contributed by atoms with E-state index in [1.165, 1.54) is 18.4 Å². The lowest BCUT2D eigenvalue weighted by molar-refractivity contribution is 0.221.